The Labute approximate surface area is 88.5 Å². The van der Waals surface area contributed by atoms with Crippen molar-refractivity contribution < 1.29 is 9.50 Å². The number of nitrogens with one attached hydrogen (secondary N) is 1. The molecule has 1 atom stereocenters. The molecule has 14 heavy (non-hydrogen) atoms. The first-order chi connectivity index (χ1) is 6.29. The molecule has 1 aromatic rings. The molecule has 0 spiro atoms. The fraction of sp³-hybridized carbons (Fsp3) is 0.400. The molecule has 0 bridgehead atoms. The Hall–Kier alpha value is -0.800. The van der Waals surface area contributed by atoms with Crippen LogP contribution in [0.15, 0.2) is 18.2 Å². The number of hydrogen-bond donors (Lipinski definition) is 2. The molecule has 0 aromatic heterocycles. The van der Waals surface area contributed by atoms with Gasteiger partial charge in [0.1, 0.15) is 0 Å². The Morgan fingerprint density at radius 3 is 2.86 bits per heavy atom. The Bertz CT molecular complexity index is 313. The molecule has 1 aliphatic rings. The third-order valence-electron chi connectivity index (χ3n) is 2.45. The first-order valence-electron chi connectivity index (χ1n) is 4.50. The zero-order chi connectivity index (χ0) is 9.26. The van der Waals surface area contributed by atoms with Gasteiger partial charge in [0.25, 0.3) is 0 Å². The quantitative estimate of drug-likeness (QED) is 0.757. The van der Waals surface area contributed by atoms with Crippen LogP contribution in [0, 0.1) is 5.82 Å². The van der Waals surface area contributed by atoms with Crippen LogP contribution in [-0.4, -0.2) is 11.7 Å². The lowest BCUT2D eigenvalue weighted by Crippen LogP contribution is -2.13. The van der Waals surface area contributed by atoms with Crippen molar-refractivity contribution in [3.8, 4) is 5.75 Å². The number of rotatable bonds is 1. The van der Waals surface area contributed by atoms with Gasteiger partial charge in [-0.15, -0.1) is 12.4 Å². The molecule has 1 aromatic carbocycles. The molecule has 2 rings (SSSR count). The molecule has 0 saturated carbocycles. The topological polar surface area (TPSA) is 32.3 Å². The first-order valence-corrected chi connectivity index (χ1v) is 4.50. The maximum Gasteiger partial charge on any atom is 0.165 e. The number of benzene rings is 1. The molecule has 78 valence electrons. The van der Waals surface area contributed by atoms with Crippen molar-refractivity contribution in [2.24, 2.45) is 0 Å². The minimum atomic E-state index is -0.536. The maximum atomic E-state index is 13.0. The first kappa shape index (κ1) is 11.3. The Balaban J connectivity index is 0.000000980. The number of hydrogen-bond acceptors (Lipinski definition) is 2. The van der Waals surface area contributed by atoms with Gasteiger partial charge in [-0.1, -0.05) is 12.1 Å². The van der Waals surface area contributed by atoms with E-state index in [0.29, 0.717) is 5.56 Å². The molecule has 0 radical (unpaired) electrons. The van der Waals surface area contributed by atoms with E-state index < -0.39 is 5.82 Å². The number of phenolic OH excluding ortho intramolecular Hbond substituents is 1. The molecule has 0 aliphatic carbocycles. The summed E-state index contributed by atoms with van der Waals surface area (Å²) in [5, 5.41) is 12.7. The summed E-state index contributed by atoms with van der Waals surface area (Å²) in [6.45, 7) is 0.945. The molecule has 0 amide bonds. The maximum absolute atomic E-state index is 13.0. The van der Waals surface area contributed by atoms with E-state index in [9.17, 15) is 9.50 Å². The lowest BCUT2D eigenvalue weighted by molar-refractivity contribution is 0.417. The summed E-state index contributed by atoms with van der Waals surface area (Å²) >= 11 is 0. The second-order valence-corrected chi connectivity index (χ2v) is 3.33. The van der Waals surface area contributed by atoms with Crippen LogP contribution >= 0.6 is 12.4 Å². The van der Waals surface area contributed by atoms with Crippen molar-refractivity contribution in [3.05, 3.63) is 29.6 Å². The summed E-state index contributed by atoms with van der Waals surface area (Å²) in [7, 11) is 0. The number of aromatic hydroxyl groups is 1. The van der Waals surface area contributed by atoms with Gasteiger partial charge in [-0.3, -0.25) is 0 Å². The van der Waals surface area contributed by atoms with E-state index in [0.717, 1.165) is 19.4 Å². The van der Waals surface area contributed by atoms with Crippen LogP contribution in [-0.2, 0) is 0 Å². The zero-order valence-corrected chi connectivity index (χ0v) is 8.48. The van der Waals surface area contributed by atoms with Crippen LogP contribution in [0.1, 0.15) is 24.4 Å². The highest BCUT2D eigenvalue weighted by atomic mass is 35.5. The van der Waals surface area contributed by atoms with Crippen molar-refractivity contribution >= 4 is 12.4 Å². The highest BCUT2D eigenvalue weighted by molar-refractivity contribution is 5.85. The fourth-order valence-electron chi connectivity index (χ4n) is 1.76. The number of halogens is 2. The van der Waals surface area contributed by atoms with Gasteiger partial charge in [0.05, 0.1) is 0 Å². The van der Waals surface area contributed by atoms with E-state index in [-0.39, 0.29) is 24.2 Å². The monoisotopic (exact) mass is 217 g/mol. The Kier molecular flexibility index (Phi) is 3.72. The van der Waals surface area contributed by atoms with Gasteiger partial charge in [-0.2, -0.15) is 0 Å². The summed E-state index contributed by atoms with van der Waals surface area (Å²) in [5.74, 6) is -0.742. The molecular formula is C10H13ClFNO. The minimum Gasteiger partial charge on any atom is -0.505 e. The normalized spacial score (nSPS) is 20.5. The lowest BCUT2D eigenvalue weighted by Gasteiger charge is -2.12. The predicted molar refractivity (Wildman–Crippen MR) is 55.3 cm³/mol. The van der Waals surface area contributed by atoms with Crippen LogP contribution in [0.2, 0.25) is 0 Å². The standard InChI is InChI=1S/C10H12FNO.ClH/c11-8-4-1-3-7(10(8)13)9-5-2-6-12-9;/h1,3-4,9,12-13H,2,5-6H2;1H/t9-;/m1./s1. The highest BCUT2D eigenvalue weighted by Gasteiger charge is 2.20. The second-order valence-electron chi connectivity index (χ2n) is 3.33. The molecule has 2 N–H and O–H groups in total. The smallest absolute Gasteiger partial charge is 0.165 e. The van der Waals surface area contributed by atoms with E-state index >= 15 is 0 Å². The fourth-order valence-corrected chi connectivity index (χ4v) is 1.76. The summed E-state index contributed by atoms with van der Waals surface area (Å²) < 4.78 is 13.0. The molecule has 0 unspecified atom stereocenters. The predicted octanol–water partition coefficient (Wildman–Crippen LogP) is 2.38. The number of phenols is 1. The third kappa shape index (κ3) is 1.99. The van der Waals surface area contributed by atoms with Crippen molar-refractivity contribution in [1.82, 2.24) is 5.32 Å². The van der Waals surface area contributed by atoms with Gasteiger partial charge >= 0.3 is 0 Å². The molecular weight excluding hydrogens is 205 g/mol. The molecule has 1 saturated heterocycles. The molecule has 2 nitrogen and oxygen atoms in total. The van der Waals surface area contributed by atoms with Crippen LogP contribution < -0.4 is 5.32 Å². The Morgan fingerprint density at radius 1 is 1.43 bits per heavy atom. The van der Waals surface area contributed by atoms with Crippen molar-refractivity contribution in [2.75, 3.05) is 6.54 Å². The van der Waals surface area contributed by atoms with Gasteiger partial charge in [0.15, 0.2) is 11.6 Å². The number of para-hydroxylation sites is 1. The van der Waals surface area contributed by atoms with E-state index in [4.69, 9.17) is 0 Å². The van der Waals surface area contributed by atoms with Crippen molar-refractivity contribution in [3.63, 3.8) is 0 Å². The average Bonchev–Trinajstić information content (AvgIpc) is 2.62. The zero-order valence-electron chi connectivity index (χ0n) is 7.66. The molecule has 1 aliphatic heterocycles. The van der Waals surface area contributed by atoms with Crippen LogP contribution in [0.3, 0.4) is 0 Å². The SMILES string of the molecule is Cl.Oc1c(F)cccc1[C@H]1CCCN1. The summed E-state index contributed by atoms with van der Waals surface area (Å²) in [5.41, 5.74) is 0.678. The van der Waals surface area contributed by atoms with Gasteiger partial charge in [0.2, 0.25) is 0 Å². The molecule has 1 fully saturated rings. The summed E-state index contributed by atoms with van der Waals surface area (Å²) in [4.78, 5) is 0. The summed E-state index contributed by atoms with van der Waals surface area (Å²) in [6.07, 6.45) is 2.05. The Morgan fingerprint density at radius 2 is 2.21 bits per heavy atom. The van der Waals surface area contributed by atoms with Gasteiger partial charge in [-0.05, 0) is 25.5 Å². The van der Waals surface area contributed by atoms with E-state index in [1.54, 1.807) is 12.1 Å². The van der Waals surface area contributed by atoms with Crippen molar-refractivity contribution in [2.45, 2.75) is 18.9 Å². The largest absolute Gasteiger partial charge is 0.505 e. The molecule has 4 heteroatoms. The average molecular weight is 218 g/mol. The van der Waals surface area contributed by atoms with Gasteiger partial charge < -0.3 is 10.4 Å². The van der Waals surface area contributed by atoms with Crippen LogP contribution in [0.25, 0.3) is 0 Å². The molecule has 1 heterocycles. The highest BCUT2D eigenvalue weighted by Crippen LogP contribution is 2.31. The van der Waals surface area contributed by atoms with Crippen molar-refractivity contribution in [1.29, 1.82) is 0 Å². The minimum absolute atomic E-state index is 0. The lowest BCUT2D eigenvalue weighted by atomic mass is 10.0. The van der Waals surface area contributed by atoms with Crippen LogP contribution in [0.4, 0.5) is 4.39 Å². The van der Waals surface area contributed by atoms with E-state index in [1.807, 2.05) is 0 Å². The van der Waals surface area contributed by atoms with Gasteiger partial charge in [0, 0.05) is 11.6 Å². The van der Waals surface area contributed by atoms with Gasteiger partial charge in [-0.25, -0.2) is 4.39 Å². The van der Waals surface area contributed by atoms with E-state index in [2.05, 4.69) is 5.32 Å². The summed E-state index contributed by atoms with van der Waals surface area (Å²) in [6, 6.07) is 4.79. The second kappa shape index (κ2) is 4.62. The van der Waals surface area contributed by atoms with Crippen LogP contribution in [0.5, 0.6) is 5.75 Å². The third-order valence-corrected chi connectivity index (χ3v) is 2.45. The van der Waals surface area contributed by atoms with E-state index in [1.165, 1.54) is 6.07 Å².